The van der Waals surface area contributed by atoms with Crippen LogP contribution in [0.5, 0.6) is 0 Å². The highest BCUT2D eigenvalue weighted by Gasteiger charge is 2.29. The number of phosphoric acid groups is 1. The highest BCUT2D eigenvalue weighted by Crippen LogP contribution is 2.48. The summed E-state index contributed by atoms with van der Waals surface area (Å²) >= 11 is 0. The fraction of sp³-hybridized carbons (Fsp3) is 0.308. The molecule has 5 nitrogen and oxygen atoms in total. The molecule has 0 aromatic heterocycles. The normalized spacial score (nSPS) is 12.8. The van der Waals surface area contributed by atoms with Gasteiger partial charge in [0.1, 0.15) is 0 Å². The summed E-state index contributed by atoms with van der Waals surface area (Å²) in [6.45, 7) is 3.39. The van der Waals surface area contributed by atoms with Crippen molar-refractivity contribution in [2.24, 2.45) is 0 Å². The molecule has 0 N–H and O–H groups in total. The molecule has 0 aliphatic rings. The third kappa shape index (κ3) is 4.03. The lowest BCUT2D eigenvalue weighted by Gasteiger charge is -2.14. The molecule has 6 heteroatoms. The van der Waals surface area contributed by atoms with Gasteiger partial charge in [0.25, 0.3) is 0 Å². The number of allylic oxidation sites excluding steroid dienone is 1. The van der Waals surface area contributed by atoms with Gasteiger partial charge >= 0.3 is 13.8 Å². The number of phosphoric ester groups is 1. The van der Waals surface area contributed by atoms with Gasteiger partial charge in [0, 0.05) is 19.8 Å². The fourth-order valence-electron chi connectivity index (χ4n) is 1.38. The molecule has 1 aromatic carbocycles. The number of carbonyl (C=O) groups excluding carboxylic acids is 1. The molecule has 0 amide bonds. The summed E-state index contributed by atoms with van der Waals surface area (Å²) in [7, 11) is -1.50. The van der Waals surface area contributed by atoms with Gasteiger partial charge in [0.2, 0.25) is 0 Å². The predicted molar refractivity (Wildman–Crippen MR) is 72.4 cm³/mol. The Morgan fingerprint density at radius 1 is 1.05 bits per heavy atom. The van der Waals surface area contributed by atoms with Crippen molar-refractivity contribution in [3.8, 4) is 0 Å². The Morgan fingerprint density at radius 2 is 1.58 bits per heavy atom. The monoisotopic (exact) mass is 284 g/mol. The third-order valence-electron chi connectivity index (χ3n) is 2.72. The van der Waals surface area contributed by atoms with Gasteiger partial charge in [-0.15, -0.1) is 0 Å². The van der Waals surface area contributed by atoms with Crippen LogP contribution in [0.25, 0.3) is 5.57 Å². The zero-order valence-corrected chi connectivity index (χ0v) is 12.3. The molecule has 0 spiro atoms. The van der Waals surface area contributed by atoms with Crippen molar-refractivity contribution in [2.75, 3.05) is 14.2 Å². The Labute approximate surface area is 112 Å². The molecule has 104 valence electrons. The highest BCUT2D eigenvalue weighted by atomic mass is 31.2. The summed E-state index contributed by atoms with van der Waals surface area (Å²) in [6.07, 6.45) is 0. The summed E-state index contributed by atoms with van der Waals surface area (Å²) in [5, 5.41) is 0. The van der Waals surface area contributed by atoms with Crippen molar-refractivity contribution in [3.63, 3.8) is 0 Å². The second-order valence-corrected chi connectivity index (χ2v) is 5.61. The van der Waals surface area contributed by atoms with Crippen LogP contribution in [-0.2, 0) is 22.9 Å². The molecular weight excluding hydrogens is 267 g/mol. The van der Waals surface area contributed by atoms with Crippen molar-refractivity contribution < 1.29 is 22.9 Å². The van der Waals surface area contributed by atoms with Crippen molar-refractivity contribution in [1.29, 1.82) is 0 Å². The van der Waals surface area contributed by atoms with Crippen LogP contribution in [0, 0.1) is 0 Å². The van der Waals surface area contributed by atoms with E-state index in [1.807, 2.05) is 30.3 Å². The van der Waals surface area contributed by atoms with Crippen LogP contribution >= 0.6 is 7.82 Å². The molecule has 19 heavy (non-hydrogen) atoms. The number of carbonyl (C=O) groups is 1. The van der Waals surface area contributed by atoms with E-state index in [1.54, 1.807) is 13.8 Å². The third-order valence-corrected chi connectivity index (χ3v) is 4.00. The first-order chi connectivity index (χ1) is 8.93. The smallest absolute Gasteiger partial charge is 0.367 e. The zero-order valence-electron chi connectivity index (χ0n) is 11.4. The van der Waals surface area contributed by atoms with Crippen LogP contribution < -0.4 is 0 Å². The molecular formula is C13H17O5P. The van der Waals surface area contributed by atoms with E-state index in [-0.39, 0.29) is 0 Å². The van der Waals surface area contributed by atoms with Gasteiger partial charge < -0.3 is 4.52 Å². The summed E-state index contributed by atoms with van der Waals surface area (Å²) < 4.78 is 25.6. The lowest BCUT2D eigenvalue weighted by atomic mass is 10.0. The average Bonchev–Trinajstić information content (AvgIpc) is 2.46. The summed E-state index contributed by atoms with van der Waals surface area (Å²) in [4.78, 5) is 11.9. The van der Waals surface area contributed by atoms with Crippen LogP contribution in [0.15, 0.2) is 35.9 Å². The first kappa shape index (κ1) is 15.6. The van der Waals surface area contributed by atoms with E-state index in [1.165, 1.54) is 0 Å². The minimum absolute atomic E-state index is 0.348. The lowest BCUT2D eigenvalue weighted by molar-refractivity contribution is -0.131. The number of hydrogen-bond acceptors (Lipinski definition) is 5. The van der Waals surface area contributed by atoms with Gasteiger partial charge in [0.05, 0.1) is 0 Å². The van der Waals surface area contributed by atoms with Crippen molar-refractivity contribution >= 4 is 19.4 Å². The molecule has 0 saturated heterocycles. The standard InChI is InChI=1S/C13H17O5P/c1-10(12-8-6-5-7-9-12)11(2)13(14)18-19(15,16-3)17-4/h5-9H,1-4H3/b11-10-. The topological polar surface area (TPSA) is 61.8 Å². The SMILES string of the molecule is COP(=O)(OC)OC(=O)/C(C)=C(/C)c1ccccc1. The average molecular weight is 284 g/mol. The van der Waals surface area contributed by atoms with Gasteiger partial charge in [-0.25, -0.2) is 9.36 Å². The number of hydrogen-bond donors (Lipinski definition) is 0. The van der Waals surface area contributed by atoms with Crippen LogP contribution in [0.3, 0.4) is 0 Å². The van der Waals surface area contributed by atoms with Gasteiger partial charge in [-0.1, -0.05) is 30.3 Å². The maximum Gasteiger partial charge on any atom is 0.531 e. The van der Waals surface area contributed by atoms with Crippen molar-refractivity contribution in [2.45, 2.75) is 13.8 Å². The maximum atomic E-state index is 11.9. The molecule has 0 aliphatic heterocycles. The van der Waals surface area contributed by atoms with Gasteiger partial charge in [0.15, 0.2) is 0 Å². The van der Waals surface area contributed by atoms with Crippen molar-refractivity contribution in [3.05, 3.63) is 41.5 Å². The second kappa shape index (κ2) is 6.66. The molecule has 0 unspecified atom stereocenters. The van der Waals surface area contributed by atoms with E-state index in [0.717, 1.165) is 25.4 Å². The Morgan fingerprint density at radius 3 is 2.05 bits per heavy atom. The Kier molecular flexibility index (Phi) is 5.48. The van der Waals surface area contributed by atoms with Crippen LogP contribution in [-0.4, -0.2) is 20.2 Å². The summed E-state index contributed by atoms with van der Waals surface area (Å²) in [5.74, 6) is -0.728. The van der Waals surface area contributed by atoms with Crippen LogP contribution in [0.4, 0.5) is 0 Å². The summed E-state index contributed by atoms with van der Waals surface area (Å²) in [6, 6.07) is 9.37. The largest absolute Gasteiger partial charge is 0.531 e. The molecule has 1 rings (SSSR count). The second-order valence-electron chi connectivity index (χ2n) is 3.81. The molecule has 0 saturated carbocycles. The Bertz CT molecular complexity index is 513. The number of rotatable bonds is 5. The lowest BCUT2D eigenvalue weighted by Crippen LogP contribution is -2.07. The van der Waals surface area contributed by atoms with Crippen molar-refractivity contribution in [1.82, 2.24) is 0 Å². The molecule has 0 atom stereocenters. The molecule has 1 aromatic rings. The van der Waals surface area contributed by atoms with E-state index >= 15 is 0 Å². The molecule has 0 fully saturated rings. The number of benzene rings is 1. The zero-order chi connectivity index (χ0) is 14.5. The quantitative estimate of drug-likeness (QED) is 0.612. The minimum atomic E-state index is -3.81. The van der Waals surface area contributed by atoms with Crippen LogP contribution in [0.1, 0.15) is 19.4 Å². The Hall–Kier alpha value is -1.42. The first-order valence-electron chi connectivity index (χ1n) is 5.62. The molecule has 0 aliphatic carbocycles. The van der Waals surface area contributed by atoms with E-state index in [9.17, 15) is 9.36 Å². The fourth-order valence-corrected chi connectivity index (χ4v) is 2.01. The van der Waals surface area contributed by atoms with E-state index in [0.29, 0.717) is 5.57 Å². The van der Waals surface area contributed by atoms with Crippen LogP contribution in [0.2, 0.25) is 0 Å². The predicted octanol–water partition coefficient (Wildman–Crippen LogP) is 3.42. The first-order valence-corrected chi connectivity index (χ1v) is 7.08. The Balaban J connectivity index is 2.97. The minimum Gasteiger partial charge on any atom is -0.367 e. The van der Waals surface area contributed by atoms with E-state index < -0.39 is 13.8 Å². The highest BCUT2D eigenvalue weighted by molar-refractivity contribution is 7.49. The van der Waals surface area contributed by atoms with Gasteiger partial charge in [-0.3, -0.25) is 9.05 Å². The van der Waals surface area contributed by atoms with Gasteiger partial charge in [-0.05, 0) is 25.0 Å². The van der Waals surface area contributed by atoms with Gasteiger partial charge in [-0.2, -0.15) is 0 Å². The maximum absolute atomic E-state index is 11.9. The molecule has 0 radical (unpaired) electrons. The summed E-state index contributed by atoms with van der Waals surface area (Å²) in [5.41, 5.74) is 1.98. The molecule has 0 bridgehead atoms. The van der Waals surface area contributed by atoms with E-state index in [2.05, 4.69) is 9.05 Å². The van der Waals surface area contributed by atoms with E-state index in [4.69, 9.17) is 4.52 Å². The molecule has 0 heterocycles.